The van der Waals surface area contributed by atoms with Gasteiger partial charge >= 0.3 is 0 Å². The van der Waals surface area contributed by atoms with Crippen LogP contribution in [0.3, 0.4) is 0 Å². The minimum absolute atomic E-state index is 0.0687. The summed E-state index contributed by atoms with van der Waals surface area (Å²) in [4.78, 5) is 55.4. The van der Waals surface area contributed by atoms with Crippen molar-refractivity contribution in [3.63, 3.8) is 0 Å². The zero-order valence-corrected chi connectivity index (χ0v) is 31.3. The molecule has 0 saturated carbocycles. The van der Waals surface area contributed by atoms with Crippen LogP contribution in [0.1, 0.15) is 51.1 Å². The fourth-order valence-electron chi connectivity index (χ4n) is 7.24. The zero-order chi connectivity index (χ0) is 38.7. The number of ether oxygens (including phenoxy) is 5. The van der Waals surface area contributed by atoms with Gasteiger partial charge in [0, 0.05) is 36.6 Å². The number of nitrogens with one attached hydrogen (secondary N) is 2. The Bertz CT molecular complexity index is 2040. The molecule has 0 bridgehead atoms. The summed E-state index contributed by atoms with van der Waals surface area (Å²) in [7, 11) is 0. The summed E-state index contributed by atoms with van der Waals surface area (Å²) in [5.74, 6) is -1.35. The number of hydrogen-bond acceptors (Lipinski definition) is 11. The molecule has 1 aromatic heterocycles. The predicted molar refractivity (Wildman–Crippen MR) is 208 cm³/mol. The third-order valence-electron chi connectivity index (χ3n) is 10.0. The van der Waals surface area contributed by atoms with Crippen molar-refractivity contribution in [3.8, 4) is 28.0 Å². The Labute approximate surface area is 325 Å². The van der Waals surface area contributed by atoms with Crippen LogP contribution in [-0.2, 0) is 41.4 Å². The van der Waals surface area contributed by atoms with Crippen molar-refractivity contribution in [1.82, 2.24) is 15.2 Å². The summed E-state index contributed by atoms with van der Waals surface area (Å²) >= 11 is 0. The Morgan fingerprint density at radius 3 is 2.12 bits per heavy atom. The van der Waals surface area contributed by atoms with Crippen LogP contribution >= 0.6 is 0 Å². The quantitative estimate of drug-likeness (QED) is 0.0995. The second kappa shape index (κ2) is 18.9. The summed E-state index contributed by atoms with van der Waals surface area (Å²) in [6, 6.07) is 21.0. The molecule has 3 aliphatic rings. The predicted octanol–water partition coefficient (Wildman–Crippen LogP) is 4.86. The topological polar surface area (TPSA) is 155 Å². The Morgan fingerprint density at radius 2 is 1.38 bits per heavy atom. The van der Waals surface area contributed by atoms with E-state index in [4.69, 9.17) is 23.7 Å². The van der Waals surface area contributed by atoms with Gasteiger partial charge in [-0.2, -0.15) is 0 Å². The molecule has 3 heterocycles. The Morgan fingerprint density at radius 1 is 0.679 bits per heavy atom. The fourth-order valence-corrected chi connectivity index (χ4v) is 7.24. The standard InChI is InChI=1S/C43H46N4O9/c48-39-14-13-38(41(49)46-39)47-42(50)35-5-2-6-37(40(35)43(47)51)45-17-18-52-19-20-53-21-22-54-23-24-55-25-26-56-33-10-7-29(8-11-33)31-9-12-34-32(27-31)4-1-3-30-15-16-44-28-36(30)34/h2,5-12,15-16,27-28,38,45H,1,3-4,13-14,17-26H2,(H,46,48,49). The van der Waals surface area contributed by atoms with Gasteiger partial charge in [0.1, 0.15) is 18.4 Å². The monoisotopic (exact) mass is 762 g/mol. The molecule has 56 heavy (non-hydrogen) atoms. The average Bonchev–Trinajstić information content (AvgIpc) is 3.34. The lowest BCUT2D eigenvalue weighted by molar-refractivity contribution is -0.136. The van der Waals surface area contributed by atoms with Gasteiger partial charge < -0.3 is 29.0 Å². The SMILES string of the molecule is O=C1CCC(N2C(=O)c3cccc(NCCOCCOCCOCCOCCOc4ccc(-c5ccc6c(c5)CCCc5ccncc5-6)cc4)c3C2=O)C(=O)N1. The first-order chi connectivity index (χ1) is 27.5. The van der Waals surface area contributed by atoms with Gasteiger partial charge in [-0.1, -0.05) is 36.4 Å². The highest BCUT2D eigenvalue weighted by Crippen LogP contribution is 2.35. The molecule has 1 saturated heterocycles. The third-order valence-corrected chi connectivity index (χ3v) is 10.0. The third kappa shape index (κ3) is 9.31. The molecule has 1 atom stereocenters. The molecule has 2 aliphatic heterocycles. The molecule has 292 valence electrons. The van der Waals surface area contributed by atoms with Gasteiger partial charge in [0.25, 0.3) is 11.8 Å². The number of anilines is 1. The number of benzene rings is 3. The van der Waals surface area contributed by atoms with E-state index in [9.17, 15) is 19.2 Å². The van der Waals surface area contributed by atoms with Crippen molar-refractivity contribution < 1.29 is 42.9 Å². The number of aromatic nitrogens is 1. The van der Waals surface area contributed by atoms with E-state index < -0.39 is 29.7 Å². The van der Waals surface area contributed by atoms with E-state index in [2.05, 4.69) is 52.0 Å². The van der Waals surface area contributed by atoms with Gasteiger partial charge in [0.15, 0.2) is 0 Å². The molecule has 1 unspecified atom stereocenters. The van der Waals surface area contributed by atoms with E-state index in [-0.39, 0.29) is 24.0 Å². The molecule has 0 radical (unpaired) electrons. The summed E-state index contributed by atoms with van der Waals surface area (Å²) in [5, 5.41) is 5.35. The molecule has 7 rings (SSSR count). The maximum atomic E-state index is 13.2. The minimum Gasteiger partial charge on any atom is -0.491 e. The average molecular weight is 763 g/mol. The number of pyridine rings is 1. The van der Waals surface area contributed by atoms with E-state index in [0.717, 1.165) is 35.5 Å². The zero-order valence-electron chi connectivity index (χ0n) is 31.3. The Kier molecular flexibility index (Phi) is 13.1. The first-order valence-electron chi connectivity index (χ1n) is 19.2. The molecule has 4 amide bonds. The van der Waals surface area contributed by atoms with E-state index in [1.807, 2.05) is 24.5 Å². The second-order valence-electron chi connectivity index (χ2n) is 13.7. The van der Waals surface area contributed by atoms with Crippen molar-refractivity contribution in [3.05, 3.63) is 101 Å². The van der Waals surface area contributed by atoms with Crippen LogP contribution in [0.5, 0.6) is 5.75 Å². The van der Waals surface area contributed by atoms with Gasteiger partial charge in [0.2, 0.25) is 11.8 Å². The van der Waals surface area contributed by atoms with Crippen molar-refractivity contribution in [2.75, 3.05) is 71.3 Å². The number of fused-ring (bicyclic) bond motifs is 4. The first kappa shape index (κ1) is 38.8. The highest BCUT2D eigenvalue weighted by atomic mass is 16.6. The number of piperidine rings is 1. The number of rotatable bonds is 19. The van der Waals surface area contributed by atoms with Crippen molar-refractivity contribution in [2.45, 2.75) is 38.1 Å². The molecule has 1 aliphatic carbocycles. The van der Waals surface area contributed by atoms with Crippen LogP contribution in [0.25, 0.3) is 22.3 Å². The molecule has 1 fully saturated rings. The smallest absolute Gasteiger partial charge is 0.264 e. The Hall–Kier alpha value is -5.47. The number of nitrogens with zero attached hydrogens (tertiary/aromatic N) is 2. The molecular weight excluding hydrogens is 716 g/mol. The van der Waals surface area contributed by atoms with E-state index >= 15 is 0 Å². The maximum Gasteiger partial charge on any atom is 0.264 e. The van der Waals surface area contributed by atoms with Crippen molar-refractivity contribution >= 4 is 29.3 Å². The van der Waals surface area contributed by atoms with Gasteiger partial charge in [-0.3, -0.25) is 34.4 Å². The summed E-state index contributed by atoms with van der Waals surface area (Å²) < 4.78 is 28.3. The van der Waals surface area contributed by atoms with E-state index in [1.54, 1.807) is 18.2 Å². The highest BCUT2D eigenvalue weighted by Gasteiger charge is 2.45. The first-order valence-corrected chi connectivity index (χ1v) is 19.2. The molecule has 2 N–H and O–H groups in total. The van der Waals surface area contributed by atoms with Crippen LogP contribution in [-0.4, -0.2) is 106 Å². The number of carbonyl (C=O) groups is 4. The summed E-state index contributed by atoms with van der Waals surface area (Å²) in [6.45, 7) is 4.17. The van der Waals surface area contributed by atoms with Crippen molar-refractivity contribution in [2.24, 2.45) is 0 Å². The fraction of sp³-hybridized carbons (Fsp3) is 0.372. The van der Waals surface area contributed by atoms with E-state index in [1.165, 1.54) is 27.8 Å². The van der Waals surface area contributed by atoms with Crippen LogP contribution in [0.15, 0.2) is 79.1 Å². The van der Waals surface area contributed by atoms with Crippen LogP contribution in [0.4, 0.5) is 5.69 Å². The van der Waals surface area contributed by atoms with Crippen LogP contribution in [0.2, 0.25) is 0 Å². The normalized spacial score (nSPS) is 16.2. The van der Waals surface area contributed by atoms with Gasteiger partial charge in [-0.25, -0.2) is 0 Å². The molecule has 13 heteroatoms. The van der Waals surface area contributed by atoms with Gasteiger partial charge in [-0.05, 0) is 83.8 Å². The highest BCUT2D eigenvalue weighted by molar-refractivity contribution is 6.25. The lowest BCUT2D eigenvalue weighted by Crippen LogP contribution is -2.54. The minimum atomic E-state index is -1.01. The lowest BCUT2D eigenvalue weighted by atomic mass is 9.94. The number of carbonyl (C=O) groups excluding carboxylic acids is 4. The number of amides is 4. The second-order valence-corrected chi connectivity index (χ2v) is 13.7. The number of imide groups is 2. The van der Waals surface area contributed by atoms with Crippen LogP contribution in [0, 0.1) is 0 Å². The molecule has 13 nitrogen and oxygen atoms in total. The number of hydrogen-bond donors (Lipinski definition) is 2. The molecule has 3 aromatic carbocycles. The molecule has 0 spiro atoms. The largest absolute Gasteiger partial charge is 0.491 e. The number of aryl methyl sites for hydroxylation is 2. The molecule has 4 aromatic rings. The Balaban J connectivity index is 0.701. The van der Waals surface area contributed by atoms with Crippen LogP contribution < -0.4 is 15.4 Å². The van der Waals surface area contributed by atoms with Crippen molar-refractivity contribution in [1.29, 1.82) is 0 Å². The lowest BCUT2D eigenvalue weighted by Gasteiger charge is -2.27. The van der Waals surface area contributed by atoms with E-state index in [0.29, 0.717) is 71.7 Å². The van der Waals surface area contributed by atoms with Gasteiger partial charge in [-0.15, -0.1) is 0 Å². The van der Waals surface area contributed by atoms with Gasteiger partial charge in [0.05, 0.1) is 64.0 Å². The summed E-state index contributed by atoms with van der Waals surface area (Å²) in [6.07, 6.45) is 7.32. The molecular formula is C43H46N4O9. The summed E-state index contributed by atoms with van der Waals surface area (Å²) in [5.41, 5.74) is 8.56. The maximum absolute atomic E-state index is 13.2.